The lowest BCUT2D eigenvalue weighted by atomic mass is 10.0. The summed E-state index contributed by atoms with van der Waals surface area (Å²) in [6, 6.07) is 11.9. The van der Waals surface area contributed by atoms with Gasteiger partial charge in [0.1, 0.15) is 16.1 Å². The number of ether oxygens (including phenoxy) is 1. The lowest BCUT2D eigenvalue weighted by molar-refractivity contribution is -0.137. The highest BCUT2D eigenvalue weighted by atomic mass is 79.9. The molecule has 1 aliphatic rings. The zero-order chi connectivity index (χ0) is 19.0. The molecule has 0 N–H and O–H groups in total. The second-order valence-electron chi connectivity index (χ2n) is 5.98. The molecule has 138 valence electrons. The van der Waals surface area contributed by atoms with Crippen LogP contribution in [0.3, 0.4) is 0 Å². The third-order valence-electron chi connectivity index (χ3n) is 4.10. The molecule has 1 aromatic heterocycles. The maximum absolute atomic E-state index is 13.0. The van der Waals surface area contributed by atoms with E-state index in [-0.39, 0.29) is 11.9 Å². The van der Waals surface area contributed by atoms with E-state index in [1.54, 1.807) is 24.4 Å². The van der Waals surface area contributed by atoms with Crippen LogP contribution in [0.5, 0.6) is 11.5 Å². The number of fused-ring (bicyclic) bond motifs is 1. The molecule has 0 saturated carbocycles. The minimum atomic E-state index is -4.44. The van der Waals surface area contributed by atoms with Crippen LogP contribution in [0.1, 0.15) is 23.7 Å². The van der Waals surface area contributed by atoms with Gasteiger partial charge in [-0.1, -0.05) is 11.2 Å². The number of halogens is 4. The normalized spacial score (nSPS) is 16.9. The highest BCUT2D eigenvalue weighted by Gasteiger charge is 2.30. The van der Waals surface area contributed by atoms with Crippen LogP contribution in [0.25, 0.3) is 10.9 Å². The molecule has 0 saturated heterocycles. The van der Waals surface area contributed by atoms with Gasteiger partial charge in [0.2, 0.25) is 0 Å². The van der Waals surface area contributed by atoms with Crippen LogP contribution in [0.15, 0.2) is 59.9 Å². The molecule has 0 aliphatic carbocycles. The molecular weight excluding hydrogens is 425 g/mol. The van der Waals surface area contributed by atoms with Crippen molar-refractivity contribution in [3.63, 3.8) is 0 Å². The summed E-state index contributed by atoms with van der Waals surface area (Å²) in [6.45, 7) is 0. The van der Waals surface area contributed by atoms with Gasteiger partial charge in [0.15, 0.2) is 6.10 Å². The van der Waals surface area contributed by atoms with Crippen molar-refractivity contribution < 1.29 is 22.7 Å². The van der Waals surface area contributed by atoms with Gasteiger partial charge in [-0.05, 0) is 58.4 Å². The van der Waals surface area contributed by atoms with Crippen LogP contribution in [0.4, 0.5) is 13.2 Å². The number of rotatable bonds is 3. The van der Waals surface area contributed by atoms with Crippen molar-refractivity contribution in [1.29, 1.82) is 0 Å². The van der Waals surface area contributed by atoms with Gasteiger partial charge < -0.3 is 9.57 Å². The minimum Gasteiger partial charge on any atom is -0.457 e. The topological polar surface area (TPSA) is 43.7 Å². The first kappa shape index (κ1) is 17.8. The minimum absolute atomic E-state index is 0.0944. The third kappa shape index (κ3) is 3.75. The molecule has 0 bridgehead atoms. The molecule has 0 radical (unpaired) electrons. The SMILES string of the molecule is FC(F)(F)c1cccc(Oc2cc([C@H]3CC(Br)=NO3)cc3ncccc23)c1. The van der Waals surface area contributed by atoms with Crippen LogP contribution >= 0.6 is 15.9 Å². The van der Waals surface area contributed by atoms with Crippen LogP contribution in [0.2, 0.25) is 0 Å². The number of aromatic nitrogens is 1. The van der Waals surface area contributed by atoms with E-state index in [0.717, 1.165) is 17.7 Å². The fraction of sp³-hybridized carbons (Fsp3) is 0.158. The summed E-state index contributed by atoms with van der Waals surface area (Å²) in [7, 11) is 0. The van der Waals surface area contributed by atoms with E-state index < -0.39 is 11.7 Å². The Bertz CT molecular complexity index is 1040. The van der Waals surface area contributed by atoms with E-state index >= 15 is 0 Å². The van der Waals surface area contributed by atoms with Crippen molar-refractivity contribution in [3.05, 3.63) is 65.9 Å². The standard InChI is InChI=1S/C19H12BrF3N2O2/c20-18-10-16(27-25-18)11-7-15-14(5-2-6-24-15)17(8-11)26-13-4-1-3-12(9-13)19(21,22)23/h1-9,16H,10H2/t16-/m1/s1. The lowest BCUT2D eigenvalue weighted by Gasteiger charge is -2.15. The van der Waals surface area contributed by atoms with Crippen LogP contribution < -0.4 is 4.74 Å². The summed E-state index contributed by atoms with van der Waals surface area (Å²) >= 11 is 3.30. The van der Waals surface area contributed by atoms with Crippen molar-refractivity contribution in [2.45, 2.75) is 18.7 Å². The Morgan fingerprint density at radius 2 is 1.96 bits per heavy atom. The fourth-order valence-corrected chi connectivity index (χ4v) is 3.21. The number of hydrogen-bond donors (Lipinski definition) is 0. The number of pyridine rings is 1. The Hall–Kier alpha value is -2.61. The van der Waals surface area contributed by atoms with E-state index in [1.165, 1.54) is 12.1 Å². The molecule has 8 heteroatoms. The van der Waals surface area contributed by atoms with Crippen molar-refractivity contribution >= 4 is 31.5 Å². The first-order valence-electron chi connectivity index (χ1n) is 8.02. The average molecular weight is 437 g/mol. The molecule has 2 aromatic carbocycles. The number of nitrogens with zero attached hydrogens (tertiary/aromatic N) is 2. The van der Waals surface area contributed by atoms with Gasteiger partial charge in [0.05, 0.1) is 11.1 Å². The molecule has 2 heterocycles. The van der Waals surface area contributed by atoms with Crippen molar-refractivity contribution in [1.82, 2.24) is 4.98 Å². The molecule has 0 amide bonds. The Labute approximate surface area is 160 Å². The number of alkyl halides is 3. The quantitative estimate of drug-likeness (QED) is 0.489. The van der Waals surface area contributed by atoms with Gasteiger partial charge in [-0.25, -0.2) is 0 Å². The van der Waals surface area contributed by atoms with Crippen LogP contribution in [0, 0.1) is 0 Å². The van der Waals surface area contributed by atoms with E-state index in [9.17, 15) is 13.2 Å². The summed E-state index contributed by atoms with van der Waals surface area (Å²) < 4.78 is 45.4. The molecule has 4 rings (SSSR count). The van der Waals surface area contributed by atoms with E-state index in [0.29, 0.717) is 27.7 Å². The third-order valence-corrected chi connectivity index (χ3v) is 4.57. The molecule has 27 heavy (non-hydrogen) atoms. The second kappa shape index (κ2) is 6.84. The first-order valence-corrected chi connectivity index (χ1v) is 8.81. The monoisotopic (exact) mass is 436 g/mol. The largest absolute Gasteiger partial charge is 0.457 e. The summed E-state index contributed by atoms with van der Waals surface area (Å²) in [5, 5.41) is 4.56. The van der Waals surface area contributed by atoms with Crippen LogP contribution in [-0.2, 0) is 11.0 Å². The highest BCUT2D eigenvalue weighted by molar-refractivity contribution is 9.18. The number of hydrogen-bond acceptors (Lipinski definition) is 4. The Balaban J connectivity index is 1.74. The van der Waals surface area contributed by atoms with Crippen molar-refractivity contribution in [3.8, 4) is 11.5 Å². The molecule has 0 fully saturated rings. The second-order valence-corrected chi connectivity index (χ2v) is 6.90. The van der Waals surface area contributed by atoms with E-state index in [1.807, 2.05) is 6.07 Å². The molecule has 3 aromatic rings. The summed E-state index contributed by atoms with van der Waals surface area (Å²) in [6.07, 6.45) is -2.55. The Kier molecular flexibility index (Phi) is 4.51. The van der Waals surface area contributed by atoms with Gasteiger partial charge in [0.25, 0.3) is 0 Å². The van der Waals surface area contributed by atoms with Crippen molar-refractivity contribution in [2.75, 3.05) is 0 Å². The van der Waals surface area contributed by atoms with E-state index in [4.69, 9.17) is 9.57 Å². The predicted octanol–water partition coefficient (Wildman–Crippen LogP) is 6.22. The summed E-state index contributed by atoms with van der Waals surface area (Å²) in [5.41, 5.74) is 0.667. The van der Waals surface area contributed by atoms with E-state index in [2.05, 4.69) is 26.1 Å². The van der Waals surface area contributed by atoms with Gasteiger partial charge in [-0.3, -0.25) is 4.98 Å². The van der Waals surface area contributed by atoms with Crippen molar-refractivity contribution in [2.24, 2.45) is 5.16 Å². The molecule has 0 unspecified atom stereocenters. The maximum atomic E-state index is 13.0. The zero-order valence-electron chi connectivity index (χ0n) is 13.7. The van der Waals surface area contributed by atoms with Gasteiger partial charge in [-0.15, -0.1) is 0 Å². The molecule has 1 atom stereocenters. The van der Waals surface area contributed by atoms with Gasteiger partial charge in [-0.2, -0.15) is 13.2 Å². The smallest absolute Gasteiger partial charge is 0.416 e. The molecule has 0 spiro atoms. The highest BCUT2D eigenvalue weighted by Crippen LogP contribution is 2.38. The summed E-state index contributed by atoms with van der Waals surface area (Å²) in [5.74, 6) is 0.499. The number of oxime groups is 1. The fourth-order valence-electron chi connectivity index (χ4n) is 2.83. The molecule has 1 aliphatic heterocycles. The summed E-state index contributed by atoms with van der Waals surface area (Å²) in [4.78, 5) is 9.70. The van der Waals surface area contributed by atoms with Crippen LogP contribution in [-0.4, -0.2) is 9.60 Å². The molecule has 4 nitrogen and oxygen atoms in total. The number of benzene rings is 2. The van der Waals surface area contributed by atoms with Gasteiger partial charge in [0, 0.05) is 23.6 Å². The first-order chi connectivity index (χ1) is 12.9. The molecular formula is C19H12BrF3N2O2. The Morgan fingerprint density at radius 1 is 1.11 bits per heavy atom. The zero-order valence-corrected chi connectivity index (χ0v) is 15.3. The lowest BCUT2D eigenvalue weighted by Crippen LogP contribution is -2.04. The average Bonchev–Trinajstić information content (AvgIpc) is 3.08. The van der Waals surface area contributed by atoms with Gasteiger partial charge >= 0.3 is 6.18 Å². The maximum Gasteiger partial charge on any atom is 0.416 e. The Morgan fingerprint density at radius 3 is 2.70 bits per heavy atom. The predicted molar refractivity (Wildman–Crippen MR) is 98.1 cm³/mol.